The zero-order valence-corrected chi connectivity index (χ0v) is 17.2. The summed E-state index contributed by atoms with van der Waals surface area (Å²) in [6.45, 7) is 6.88. The first-order chi connectivity index (χ1) is 14.2. The predicted octanol–water partition coefficient (Wildman–Crippen LogP) is 4.83. The predicted molar refractivity (Wildman–Crippen MR) is 108 cm³/mol. The van der Waals surface area contributed by atoms with Crippen LogP contribution in [0.3, 0.4) is 0 Å². The van der Waals surface area contributed by atoms with Crippen molar-refractivity contribution in [1.82, 2.24) is 15.0 Å². The lowest BCUT2D eigenvalue weighted by Crippen LogP contribution is -2.25. The van der Waals surface area contributed by atoms with Crippen LogP contribution in [0.5, 0.6) is 0 Å². The van der Waals surface area contributed by atoms with Gasteiger partial charge >= 0.3 is 0 Å². The van der Waals surface area contributed by atoms with Crippen LogP contribution >= 0.6 is 0 Å². The number of likely N-dealkylation sites (tertiary alicyclic amines) is 1. The quantitative estimate of drug-likeness (QED) is 0.617. The molecule has 5 nitrogen and oxygen atoms in total. The Kier molecular flexibility index (Phi) is 5.13. The highest BCUT2D eigenvalue weighted by Crippen LogP contribution is 2.30. The molecule has 3 aromatic rings. The molecule has 1 aliphatic heterocycles. The molecule has 2 heterocycles. The van der Waals surface area contributed by atoms with Gasteiger partial charge in [0.25, 0.3) is 5.89 Å². The fourth-order valence-corrected chi connectivity index (χ4v) is 3.58. The Bertz CT molecular complexity index is 1070. The summed E-state index contributed by atoms with van der Waals surface area (Å²) in [6.07, 6.45) is 0.227. The Morgan fingerprint density at radius 1 is 1.13 bits per heavy atom. The van der Waals surface area contributed by atoms with E-state index in [9.17, 15) is 13.6 Å². The molecular weight excluding hydrogens is 388 g/mol. The lowest BCUT2D eigenvalue weighted by Gasteiger charge is -2.18. The summed E-state index contributed by atoms with van der Waals surface area (Å²) < 4.78 is 32.4. The third-order valence-corrected chi connectivity index (χ3v) is 5.40. The van der Waals surface area contributed by atoms with Crippen molar-refractivity contribution in [2.24, 2.45) is 0 Å². The second kappa shape index (κ2) is 7.63. The normalized spacial score (nSPS) is 17.0. The lowest BCUT2D eigenvalue weighted by atomic mass is 9.87. The van der Waals surface area contributed by atoms with Gasteiger partial charge in [-0.3, -0.25) is 4.79 Å². The second-order valence-electron chi connectivity index (χ2n) is 8.70. The molecule has 1 amide bonds. The van der Waals surface area contributed by atoms with E-state index in [0.29, 0.717) is 18.3 Å². The first-order valence-electron chi connectivity index (χ1n) is 9.87. The molecule has 0 N–H and O–H groups in total. The number of rotatable bonds is 4. The van der Waals surface area contributed by atoms with Gasteiger partial charge in [0.05, 0.1) is 0 Å². The monoisotopic (exact) mass is 411 g/mol. The molecular formula is C23H23F2N3O2. The maximum atomic E-state index is 13.9. The van der Waals surface area contributed by atoms with Crippen LogP contribution < -0.4 is 0 Å². The summed E-state index contributed by atoms with van der Waals surface area (Å²) in [4.78, 5) is 18.4. The van der Waals surface area contributed by atoms with E-state index in [2.05, 4.69) is 30.9 Å². The van der Waals surface area contributed by atoms with Crippen molar-refractivity contribution in [3.8, 4) is 11.5 Å². The molecule has 1 aliphatic rings. The smallest absolute Gasteiger partial charge is 0.257 e. The number of halogens is 2. The number of nitrogens with zero attached hydrogens (tertiary/aromatic N) is 3. The van der Waals surface area contributed by atoms with Gasteiger partial charge in [0.1, 0.15) is 11.6 Å². The fourth-order valence-electron chi connectivity index (χ4n) is 3.58. The Hall–Kier alpha value is -3.09. The average molecular weight is 411 g/mol. The first-order valence-corrected chi connectivity index (χ1v) is 9.87. The lowest BCUT2D eigenvalue weighted by molar-refractivity contribution is -0.128. The number of carbonyl (C=O) groups is 1. The molecule has 0 saturated carbocycles. The van der Waals surface area contributed by atoms with Crippen LogP contribution in [0, 0.1) is 11.6 Å². The summed E-state index contributed by atoms with van der Waals surface area (Å²) in [5, 5.41) is 4.06. The fraction of sp³-hybridized carbons (Fsp3) is 0.348. The Labute approximate surface area is 173 Å². The second-order valence-corrected chi connectivity index (χ2v) is 8.70. The van der Waals surface area contributed by atoms with Crippen molar-refractivity contribution < 1.29 is 18.1 Å². The van der Waals surface area contributed by atoms with Gasteiger partial charge in [0.2, 0.25) is 5.91 Å². The van der Waals surface area contributed by atoms with Crippen LogP contribution in [0.1, 0.15) is 50.1 Å². The molecule has 0 spiro atoms. The molecule has 2 aromatic carbocycles. The van der Waals surface area contributed by atoms with Crippen molar-refractivity contribution >= 4 is 5.91 Å². The minimum Gasteiger partial charge on any atom is -0.337 e. The van der Waals surface area contributed by atoms with E-state index in [1.807, 2.05) is 24.3 Å². The van der Waals surface area contributed by atoms with Gasteiger partial charge in [0.15, 0.2) is 5.82 Å². The molecule has 4 rings (SSSR count). The van der Waals surface area contributed by atoms with Gasteiger partial charge < -0.3 is 9.42 Å². The van der Waals surface area contributed by atoms with Crippen LogP contribution in [-0.4, -0.2) is 27.5 Å². The van der Waals surface area contributed by atoms with Gasteiger partial charge in [-0.25, -0.2) is 8.78 Å². The third-order valence-electron chi connectivity index (χ3n) is 5.40. The van der Waals surface area contributed by atoms with Crippen LogP contribution in [-0.2, 0) is 16.8 Å². The summed E-state index contributed by atoms with van der Waals surface area (Å²) in [5.74, 6) is -0.790. The molecule has 1 unspecified atom stereocenters. The number of carbonyl (C=O) groups excluding carboxylic acids is 1. The Morgan fingerprint density at radius 2 is 1.87 bits per heavy atom. The Balaban J connectivity index is 1.47. The highest BCUT2D eigenvalue weighted by Gasteiger charge is 2.34. The van der Waals surface area contributed by atoms with E-state index >= 15 is 0 Å². The minimum atomic E-state index is -0.660. The van der Waals surface area contributed by atoms with E-state index in [1.165, 1.54) is 22.6 Å². The van der Waals surface area contributed by atoms with Gasteiger partial charge in [-0.05, 0) is 29.2 Å². The summed E-state index contributed by atoms with van der Waals surface area (Å²) in [7, 11) is 0. The molecule has 1 atom stereocenters. The van der Waals surface area contributed by atoms with Crippen molar-refractivity contribution in [2.75, 3.05) is 6.54 Å². The number of amides is 1. The molecule has 0 radical (unpaired) electrons. The van der Waals surface area contributed by atoms with E-state index in [-0.39, 0.29) is 35.8 Å². The zero-order valence-electron chi connectivity index (χ0n) is 17.2. The van der Waals surface area contributed by atoms with Crippen LogP contribution in [0.4, 0.5) is 8.78 Å². The van der Waals surface area contributed by atoms with E-state index in [1.54, 1.807) is 0 Å². The minimum absolute atomic E-state index is 0.0518. The number of hydrogen-bond acceptors (Lipinski definition) is 4. The van der Waals surface area contributed by atoms with Crippen LogP contribution in [0.25, 0.3) is 11.5 Å². The maximum absolute atomic E-state index is 13.9. The van der Waals surface area contributed by atoms with Crippen LogP contribution in [0.15, 0.2) is 47.0 Å². The number of aromatic nitrogens is 2. The third kappa shape index (κ3) is 4.10. The molecule has 0 aliphatic carbocycles. The van der Waals surface area contributed by atoms with Crippen molar-refractivity contribution in [2.45, 2.75) is 45.1 Å². The molecule has 7 heteroatoms. The molecule has 1 fully saturated rings. The number of benzene rings is 2. The van der Waals surface area contributed by atoms with E-state index in [4.69, 9.17) is 4.52 Å². The molecule has 30 heavy (non-hydrogen) atoms. The van der Waals surface area contributed by atoms with Gasteiger partial charge in [-0.2, -0.15) is 4.98 Å². The van der Waals surface area contributed by atoms with Gasteiger partial charge in [-0.1, -0.05) is 44.1 Å². The highest BCUT2D eigenvalue weighted by molar-refractivity contribution is 5.79. The summed E-state index contributed by atoms with van der Waals surface area (Å²) >= 11 is 0. The number of hydrogen-bond donors (Lipinski definition) is 0. The average Bonchev–Trinajstić information content (AvgIpc) is 3.31. The van der Waals surface area contributed by atoms with Crippen molar-refractivity contribution in [3.63, 3.8) is 0 Å². The molecule has 156 valence electrons. The van der Waals surface area contributed by atoms with Crippen molar-refractivity contribution in [1.29, 1.82) is 0 Å². The van der Waals surface area contributed by atoms with E-state index in [0.717, 1.165) is 11.6 Å². The van der Waals surface area contributed by atoms with Crippen molar-refractivity contribution in [3.05, 3.63) is 71.1 Å². The SMILES string of the molecule is CC(C)(C)c1ccc(-c2nc(C3CC(=O)N(Cc4ccc(F)cc4F)C3)no2)cc1. The topological polar surface area (TPSA) is 59.2 Å². The van der Waals surface area contributed by atoms with Gasteiger partial charge in [-0.15, -0.1) is 0 Å². The molecule has 0 bridgehead atoms. The van der Waals surface area contributed by atoms with Crippen LogP contribution in [0.2, 0.25) is 0 Å². The zero-order chi connectivity index (χ0) is 21.5. The maximum Gasteiger partial charge on any atom is 0.257 e. The summed E-state index contributed by atoms with van der Waals surface area (Å²) in [6, 6.07) is 11.3. The first kappa shape index (κ1) is 20.2. The highest BCUT2D eigenvalue weighted by atomic mass is 19.1. The molecule has 1 saturated heterocycles. The summed E-state index contributed by atoms with van der Waals surface area (Å²) in [5.41, 5.74) is 2.35. The molecule has 1 aromatic heterocycles. The Morgan fingerprint density at radius 3 is 2.53 bits per heavy atom. The largest absolute Gasteiger partial charge is 0.337 e. The standard InChI is InChI=1S/C23H23F2N3O2/c1-23(2,3)17-7-4-14(5-8-17)22-26-21(27-30-22)16-10-20(29)28(13-16)12-15-6-9-18(24)11-19(15)25/h4-9,11,16H,10,12-13H2,1-3H3. The van der Waals surface area contributed by atoms with E-state index < -0.39 is 11.6 Å². The van der Waals surface area contributed by atoms with Gasteiger partial charge in [0, 0.05) is 42.6 Å².